The van der Waals surface area contributed by atoms with Gasteiger partial charge in [-0.2, -0.15) is 0 Å². The van der Waals surface area contributed by atoms with Gasteiger partial charge >= 0.3 is 5.97 Å². The fraction of sp³-hybridized carbons (Fsp3) is 0.917. The predicted octanol–water partition coefficient (Wildman–Crippen LogP) is 0.853. The van der Waals surface area contributed by atoms with Crippen molar-refractivity contribution in [2.24, 2.45) is 5.73 Å². The Morgan fingerprint density at radius 1 is 1.53 bits per heavy atom. The molecule has 0 aromatic rings. The minimum atomic E-state index is -1.08. The molecule has 0 aromatic heterocycles. The molecular formula is C12H23NO4. The quantitative estimate of drug-likeness (QED) is 0.702. The number of carbonyl (C=O) groups excluding carboxylic acids is 1. The zero-order valence-electron chi connectivity index (χ0n) is 10.7. The maximum absolute atomic E-state index is 11.5. The van der Waals surface area contributed by atoms with Crippen LogP contribution in [0.2, 0.25) is 0 Å². The normalized spacial score (nSPS) is 24.1. The van der Waals surface area contributed by atoms with E-state index in [1.54, 1.807) is 13.8 Å². The smallest absolute Gasteiger partial charge is 0.328 e. The lowest BCUT2D eigenvalue weighted by atomic mass is 10.1. The Bertz CT molecular complexity index is 237. The van der Waals surface area contributed by atoms with E-state index in [-0.39, 0.29) is 12.7 Å². The fourth-order valence-corrected chi connectivity index (χ4v) is 1.70. The molecule has 0 saturated carbocycles. The molecule has 0 aromatic carbocycles. The van der Waals surface area contributed by atoms with Crippen LogP contribution in [0.15, 0.2) is 0 Å². The third-order valence-corrected chi connectivity index (χ3v) is 2.72. The van der Waals surface area contributed by atoms with E-state index in [1.165, 1.54) is 6.42 Å². The van der Waals surface area contributed by atoms with Crippen LogP contribution in [-0.2, 0) is 19.0 Å². The van der Waals surface area contributed by atoms with E-state index in [4.69, 9.17) is 19.9 Å². The molecule has 1 fully saturated rings. The molecule has 5 heteroatoms. The first-order valence-electron chi connectivity index (χ1n) is 6.21. The summed E-state index contributed by atoms with van der Waals surface area (Å²) >= 11 is 0. The molecule has 0 spiro atoms. The molecule has 5 nitrogen and oxygen atoms in total. The third-order valence-electron chi connectivity index (χ3n) is 2.72. The van der Waals surface area contributed by atoms with Crippen molar-refractivity contribution >= 4 is 5.97 Å². The molecule has 1 aliphatic rings. The van der Waals surface area contributed by atoms with Gasteiger partial charge in [0.1, 0.15) is 5.54 Å². The summed E-state index contributed by atoms with van der Waals surface area (Å²) in [5.41, 5.74) is 4.74. The molecular weight excluding hydrogens is 222 g/mol. The van der Waals surface area contributed by atoms with E-state index >= 15 is 0 Å². The largest absolute Gasteiger partial charge is 0.465 e. The molecule has 1 rings (SSSR count). The summed E-state index contributed by atoms with van der Waals surface area (Å²) in [5, 5.41) is 0. The van der Waals surface area contributed by atoms with Crippen LogP contribution < -0.4 is 5.73 Å². The average molecular weight is 245 g/mol. The summed E-state index contributed by atoms with van der Waals surface area (Å²) < 4.78 is 15.8. The van der Waals surface area contributed by atoms with Crippen LogP contribution >= 0.6 is 0 Å². The van der Waals surface area contributed by atoms with E-state index in [0.717, 1.165) is 19.4 Å². The molecule has 1 saturated heterocycles. The summed E-state index contributed by atoms with van der Waals surface area (Å²) in [6, 6.07) is 0. The van der Waals surface area contributed by atoms with Crippen LogP contribution in [0.3, 0.4) is 0 Å². The molecule has 1 heterocycles. The number of hydrogen-bond donors (Lipinski definition) is 1. The van der Waals surface area contributed by atoms with Gasteiger partial charge in [-0.1, -0.05) is 0 Å². The number of ether oxygens (including phenoxy) is 3. The number of rotatable bonds is 6. The predicted molar refractivity (Wildman–Crippen MR) is 63.6 cm³/mol. The molecule has 0 amide bonds. The Morgan fingerprint density at radius 3 is 2.88 bits per heavy atom. The summed E-state index contributed by atoms with van der Waals surface area (Å²) in [6.07, 6.45) is 3.45. The third kappa shape index (κ3) is 5.02. The molecule has 0 bridgehead atoms. The van der Waals surface area contributed by atoms with Crippen LogP contribution in [-0.4, -0.2) is 44.0 Å². The van der Waals surface area contributed by atoms with Crippen LogP contribution in [0, 0.1) is 0 Å². The first-order chi connectivity index (χ1) is 8.06. The first kappa shape index (κ1) is 14.4. The van der Waals surface area contributed by atoms with Crippen LogP contribution in [0.25, 0.3) is 0 Å². The summed E-state index contributed by atoms with van der Waals surface area (Å²) in [4.78, 5) is 11.5. The Balaban J connectivity index is 2.21. The van der Waals surface area contributed by atoms with Gasteiger partial charge in [0.25, 0.3) is 0 Å². The van der Waals surface area contributed by atoms with Crippen LogP contribution in [0.4, 0.5) is 0 Å². The number of carbonyl (C=O) groups is 1. The van der Waals surface area contributed by atoms with Crippen molar-refractivity contribution in [3.05, 3.63) is 0 Å². The number of hydrogen-bond acceptors (Lipinski definition) is 5. The van der Waals surface area contributed by atoms with E-state index in [2.05, 4.69) is 0 Å². The zero-order valence-corrected chi connectivity index (χ0v) is 10.7. The van der Waals surface area contributed by atoms with E-state index < -0.39 is 11.5 Å². The minimum Gasteiger partial charge on any atom is -0.465 e. The second kappa shape index (κ2) is 6.93. The summed E-state index contributed by atoms with van der Waals surface area (Å²) in [7, 11) is 0. The van der Waals surface area contributed by atoms with Crippen molar-refractivity contribution < 1.29 is 19.0 Å². The van der Waals surface area contributed by atoms with Gasteiger partial charge < -0.3 is 19.9 Å². The summed E-state index contributed by atoms with van der Waals surface area (Å²) in [6.45, 7) is 5.15. The van der Waals surface area contributed by atoms with E-state index in [0.29, 0.717) is 13.2 Å². The topological polar surface area (TPSA) is 70.8 Å². The maximum atomic E-state index is 11.5. The SMILES string of the molecule is CCOC(=O)C(C)(N)COCC1CCCCO1. The van der Waals surface area contributed by atoms with E-state index in [1.807, 2.05) is 0 Å². The first-order valence-corrected chi connectivity index (χ1v) is 6.21. The lowest BCUT2D eigenvalue weighted by molar-refractivity contribution is -0.152. The van der Waals surface area contributed by atoms with Gasteiger partial charge in [0.05, 0.1) is 25.9 Å². The van der Waals surface area contributed by atoms with Gasteiger partial charge in [-0.05, 0) is 33.1 Å². The van der Waals surface area contributed by atoms with Crippen molar-refractivity contribution in [2.75, 3.05) is 26.4 Å². The van der Waals surface area contributed by atoms with Gasteiger partial charge in [0.2, 0.25) is 0 Å². The minimum absolute atomic E-state index is 0.141. The highest BCUT2D eigenvalue weighted by molar-refractivity contribution is 5.80. The molecule has 100 valence electrons. The molecule has 2 unspecified atom stereocenters. The lowest BCUT2D eigenvalue weighted by Gasteiger charge is -2.25. The van der Waals surface area contributed by atoms with Crippen molar-refractivity contribution in [3.63, 3.8) is 0 Å². The van der Waals surface area contributed by atoms with Crippen molar-refractivity contribution in [1.29, 1.82) is 0 Å². The Labute approximate surface area is 103 Å². The monoisotopic (exact) mass is 245 g/mol. The number of esters is 1. The molecule has 2 atom stereocenters. The van der Waals surface area contributed by atoms with Crippen molar-refractivity contribution in [3.8, 4) is 0 Å². The highest BCUT2D eigenvalue weighted by atomic mass is 16.5. The molecule has 0 aliphatic carbocycles. The van der Waals surface area contributed by atoms with Crippen LogP contribution in [0.1, 0.15) is 33.1 Å². The molecule has 0 radical (unpaired) electrons. The molecule has 1 aliphatic heterocycles. The van der Waals surface area contributed by atoms with E-state index in [9.17, 15) is 4.79 Å². The fourth-order valence-electron chi connectivity index (χ4n) is 1.70. The van der Waals surface area contributed by atoms with Gasteiger partial charge in [0, 0.05) is 6.61 Å². The van der Waals surface area contributed by atoms with Gasteiger partial charge in [0.15, 0.2) is 0 Å². The van der Waals surface area contributed by atoms with Crippen molar-refractivity contribution in [2.45, 2.75) is 44.8 Å². The van der Waals surface area contributed by atoms with Crippen LogP contribution in [0.5, 0.6) is 0 Å². The second-order valence-corrected chi connectivity index (χ2v) is 4.64. The Hall–Kier alpha value is -0.650. The average Bonchev–Trinajstić information content (AvgIpc) is 2.30. The van der Waals surface area contributed by atoms with Crippen molar-refractivity contribution in [1.82, 2.24) is 0 Å². The standard InChI is InChI=1S/C12H23NO4/c1-3-16-11(14)12(2,13)9-15-8-10-6-4-5-7-17-10/h10H,3-9,13H2,1-2H3. The zero-order chi connectivity index (χ0) is 12.7. The second-order valence-electron chi connectivity index (χ2n) is 4.64. The highest BCUT2D eigenvalue weighted by Gasteiger charge is 2.30. The molecule has 17 heavy (non-hydrogen) atoms. The van der Waals surface area contributed by atoms with Gasteiger partial charge in [-0.25, -0.2) is 4.79 Å². The van der Waals surface area contributed by atoms with Gasteiger partial charge in [-0.3, -0.25) is 0 Å². The molecule has 2 N–H and O–H groups in total. The Kier molecular flexibility index (Phi) is 5.88. The Morgan fingerprint density at radius 2 is 2.29 bits per heavy atom. The van der Waals surface area contributed by atoms with Gasteiger partial charge in [-0.15, -0.1) is 0 Å². The number of nitrogens with two attached hydrogens (primary N) is 1. The summed E-state index contributed by atoms with van der Waals surface area (Å²) in [5.74, 6) is -0.426. The highest BCUT2D eigenvalue weighted by Crippen LogP contribution is 2.13. The maximum Gasteiger partial charge on any atom is 0.328 e. The lowest BCUT2D eigenvalue weighted by Crippen LogP contribution is -2.50.